The molecule has 1 spiro atoms. The Morgan fingerprint density at radius 2 is 1.76 bits per heavy atom. The minimum atomic E-state index is -1.10. The van der Waals surface area contributed by atoms with Crippen molar-refractivity contribution in [1.82, 2.24) is 0 Å². The lowest BCUT2D eigenvalue weighted by atomic mass is 9.70. The summed E-state index contributed by atoms with van der Waals surface area (Å²) < 4.78 is 15.0. The second-order valence-electron chi connectivity index (χ2n) is 6.84. The van der Waals surface area contributed by atoms with Gasteiger partial charge in [0.05, 0.1) is 25.8 Å². The summed E-state index contributed by atoms with van der Waals surface area (Å²) in [5.74, 6) is 0.00571. The molecule has 29 heavy (non-hydrogen) atoms. The molecule has 3 aliphatic rings. The summed E-state index contributed by atoms with van der Waals surface area (Å²) in [6.07, 6.45) is 1.36. The van der Waals surface area contributed by atoms with Crippen molar-refractivity contribution in [3.63, 3.8) is 0 Å². The van der Waals surface area contributed by atoms with Crippen LogP contribution in [0.15, 0.2) is 49.3 Å². The summed E-state index contributed by atoms with van der Waals surface area (Å²) in [6, 6.07) is 9.20. The van der Waals surface area contributed by atoms with Gasteiger partial charge in [0.15, 0.2) is 5.60 Å². The first-order valence-corrected chi connectivity index (χ1v) is 12.8. The van der Waals surface area contributed by atoms with E-state index in [4.69, 9.17) is 9.47 Å². The number of hydrogen-bond donors (Lipinski definition) is 2. The molecule has 2 aliphatic heterocycles. The van der Waals surface area contributed by atoms with Gasteiger partial charge in [0.1, 0.15) is 23.4 Å². The van der Waals surface area contributed by atoms with Crippen LogP contribution in [0.2, 0.25) is 0 Å². The van der Waals surface area contributed by atoms with Crippen molar-refractivity contribution in [2.24, 2.45) is 5.92 Å². The zero-order valence-electron chi connectivity index (χ0n) is 14.2. The predicted octanol–water partition coefficient (Wildman–Crippen LogP) is 5.93. The Bertz CT molecular complexity index is 1170. The van der Waals surface area contributed by atoms with E-state index in [1.165, 1.54) is 0 Å². The van der Waals surface area contributed by atoms with Gasteiger partial charge in [0.2, 0.25) is 0 Å². The van der Waals surface area contributed by atoms with Crippen LogP contribution in [-0.2, 0) is 10.3 Å². The highest BCUT2D eigenvalue weighted by Gasteiger charge is 2.60. The first kappa shape index (κ1) is 20.6. The molecule has 1 aliphatic carbocycles. The molecule has 0 aromatic heterocycles. The Morgan fingerprint density at radius 3 is 2.52 bits per heavy atom. The maximum absolute atomic E-state index is 12.9. The quantitative estimate of drug-likeness (QED) is 0.255. The lowest BCUT2D eigenvalue weighted by Crippen LogP contribution is -2.50. The van der Waals surface area contributed by atoms with Crippen molar-refractivity contribution in [3.05, 3.63) is 73.2 Å². The molecular weight excluding hydrogens is 828 g/mol. The molecule has 0 saturated heterocycles. The number of carbonyl (C=O) groups is 1. The number of allylic oxidation sites excluding steroid dienone is 1. The summed E-state index contributed by atoms with van der Waals surface area (Å²) in [5, 5.41) is 21.1. The third kappa shape index (κ3) is 2.74. The zero-order chi connectivity index (χ0) is 20.7. The number of hydrogen-bond acceptors (Lipinski definition) is 5. The SMILES string of the molecule is O=C1OC2(c3ccccc31)c1cc(I)c(O)c(I)c1OC1C(I)=C(O)C(I)=CC12. The minimum Gasteiger partial charge on any atom is -0.506 e. The van der Waals surface area contributed by atoms with E-state index < -0.39 is 11.7 Å². The Hall–Kier alpha value is -0.290. The number of benzene rings is 2. The van der Waals surface area contributed by atoms with Crippen LogP contribution in [0.5, 0.6) is 11.5 Å². The van der Waals surface area contributed by atoms with Gasteiger partial charge in [0.25, 0.3) is 0 Å². The van der Waals surface area contributed by atoms with Gasteiger partial charge in [-0.15, -0.1) is 0 Å². The molecule has 3 unspecified atom stereocenters. The van der Waals surface area contributed by atoms with Gasteiger partial charge < -0.3 is 19.7 Å². The topological polar surface area (TPSA) is 76.0 Å². The highest BCUT2D eigenvalue weighted by molar-refractivity contribution is 14.1. The number of carbonyl (C=O) groups excluding carboxylic acids is 1. The Labute approximate surface area is 220 Å². The standard InChI is InChI=1S/C20H10I4O5/c21-11-5-9-17(13(23)15(11)25)28-18-10(6-12(22)16(26)14(18)24)20(9)8-4-2-1-3-7(8)19(27)29-20/h1-6,9,17,25-26H. The van der Waals surface area contributed by atoms with Gasteiger partial charge in [0, 0.05) is 11.1 Å². The summed E-state index contributed by atoms with van der Waals surface area (Å²) in [6.45, 7) is 0. The maximum atomic E-state index is 12.9. The molecule has 2 aromatic rings. The monoisotopic (exact) mass is 838 g/mol. The van der Waals surface area contributed by atoms with Gasteiger partial charge in [-0.3, -0.25) is 0 Å². The Balaban J connectivity index is 1.91. The zero-order valence-corrected chi connectivity index (χ0v) is 22.9. The molecule has 9 heteroatoms. The van der Waals surface area contributed by atoms with Crippen LogP contribution in [0.3, 0.4) is 0 Å². The van der Waals surface area contributed by atoms with Crippen LogP contribution >= 0.6 is 90.4 Å². The number of aliphatic hydroxyl groups is 1. The molecule has 3 atom stereocenters. The molecule has 2 aromatic carbocycles. The van der Waals surface area contributed by atoms with E-state index >= 15 is 0 Å². The second-order valence-corrected chi connectivity index (χ2v) is 11.4. The van der Waals surface area contributed by atoms with Crippen molar-refractivity contribution in [3.8, 4) is 11.5 Å². The largest absolute Gasteiger partial charge is 0.506 e. The van der Waals surface area contributed by atoms with Crippen LogP contribution in [-0.4, -0.2) is 22.3 Å². The third-order valence-corrected chi connectivity index (χ3v) is 9.24. The van der Waals surface area contributed by atoms with Crippen molar-refractivity contribution >= 4 is 96.3 Å². The lowest BCUT2D eigenvalue weighted by molar-refractivity contribution is -0.0432. The van der Waals surface area contributed by atoms with E-state index in [0.717, 1.165) is 5.56 Å². The molecule has 5 rings (SSSR count). The predicted molar refractivity (Wildman–Crippen MR) is 140 cm³/mol. The highest BCUT2D eigenvalue weighted by Crippen LogP contribution is 2.60. The lowest BCUT2D eigenvalue weighted by Gasteiger charge is -2.46. The van der Waals surface area contributed by atoms with Crippen molar-refractivity contribution in [2.45, 2.75) is 11.7 Å². The van der Waals surface area contributed by atoms with Crippen LogP contribution < -0.4 is 4.74 Å². The van der Waals surface area contributed by atoms with Gasteiger partial charge >= 0.3 is 5.97 Å². The fraction of sp³-hybridized carbons (Fsp3) is 0.150. The maximum Gasteiger partial charge on any atom is 0.339 e. The molecule has 2 N–H and O–H groups in total. The molecule has 0 bridgehead atoms. The minimum absolute atomic E-state index is 0.125. The number of esters is 1. The Kier molecular flexibility index (Phi) is 5.06. The molecule has 0 radical (unpaired) electrons. The molecule has 0 amide bonds. The summed E-state index contributed by atoms with van der Waals surface area (Å²) in [5.41, 5.74) is 0.893. The average molecular weight is 838 g/mol. The van der Waals surface area contributed by atoms with Crippen LogP contribution in [0.4, 0.5) is 0 Å². The van der Waals surface area contributed by atoms with Crippen molar-refractivity contribution in [2.75, 3.05) is 0 Å². The Morgan fingerprint density at radius 1 is 1.03 bits per heavy atom. The number of fused-ring (bicyclic) bond motifs is 6. The summed E-state index contributed by atoms with van der Waals surface area (Å²) >= 11 is 8.30. The molecule has 0 fully saturated rings. The fourth-order valence-electron chi connectivity index (χ4n) is 4.16. The molecule has 148 valence electrons. The van der Waals surface area contributed by atoms with Gasteiger partial charge in [-0.1, -0.05) is 24.3 Å². The summed E-state index contributed by atoms with van der Waals surface area (Å²) in [7, 11) is 0. The fourth-order valence-corrected chi connectivity index (χ4v) is 7.97. The average Bonchev–Trinajstić information content (AvgIpc) is 3.00. The van der Waals surface area contributed by atoms with E-state index in [-0.39, 0.29) is 23.4 Å². The molecule has 5 nitrogen and oxygen atoms in total. The number of aliphatic hydroxyl groups excluding tert-OH is 1. The van der Waals surface area contributed by atoms with Gasteiger partial charge in [-0.2, -0.15) is 0 Å². The second kappa shape index (κ2) is 7.12. The number of phenols is 1. The third-order valence-electron chi connectivity index (χ3n) is 5.42. The highest BCUT2D eigenvalue weighted by atomic mass is 127. The summed E-state index contributed by atoms with van der Waals surface area (Å²) in [4.78, 5) is 12.9. The molecular formula is C20H10I4O5. The first-order valence-electron chi connectivity index (χ1n) is 8.44. The van der Waals surface area contributed by atoms with Crippen LogP contribution in [0, 0.1) is 13.1 Å². The smallest absolute Gasteiger partial charge is 0.339 e. The number of phenolic OH excluding ortho intramolecular Hbond substituents is 1. The van der Waals surface area contributed by atoms with Crippen LogP contribution in [0.25, 0.3) is 0 Å². The van der Waals surface area contributed by atoms with Crippen LogP contribution in [0.1, 0.15) is 21.5 Å². The van der Waals surface area contributed by atoms with E-state index in [9.17, 15) is 15.0 Å². The molecule has 2 heterocycles. The van der Waals surface area contributed by atoms with E-state index in [1.54, 1.807) is 6.07 Å². The van der Waals surface area contributed by atoms with Crippen molar-refractivity contribution < 1.29 is 24.5 Å². The van der Waals surface area contributed by atoms with E-state index in [0.29, 0.717) is 31.2 Å². The number of rotatable bonds is 0. The van der Waals surface area contributed by atoms with E-state index in [2.05, 4.69) is 67.8 Å². The van der Waals surface area contributed by atoms with E-state index in [1.807, 2.05) is 52.9 Å². The van der Waals surface area contributed by atoms with Crippen molar-refractivity contribution in [1.29, 1.82) is 0 Å². The normalized spacial score (nSPS) is 27.0. The van der Waals surface area contributed by atoms with Gasteiger partial charge in [-0.25, -0.2) is 4.79 Å². The van der Waals surface area contributed by atoms with Gasteiger partial charge in [-0.05, 0) is 102 Å². The number of ether oxygens (including phenoxy) is 2. The number of halogens is 4. The molecule has 0 saturated carbocycles. The first-order chi connectivity index (χ1) is 13.8. The number of aromatic hydroxyl groups is 1.